The summed E-state index contributed by atoms with van der Waals surface area (Å²) < 4.78 is 5.82. The van der Waals surface area contributed by atoms with Crippen LogP contribution in [0, 0.1) is 22.7 Å². The molecule has 4 rings (SSSR count). The van der Waals surface area contributed by atoms with Crippen LogP contribution in [0.5, 0.6) is 0 Å². The van der Waals surface area contributed by atoms with E-state index in [0.29, 0.717) is 28.5 Å². The van der Waals surface area contributed by atoms with Crippen molar-refractivity contribution >= 4 is 22.7 Å². The summed E-state index contributed by atoms with van der Waals surface area (Å²) in [4.78, 5) is 7.58. The van der Waals surface area contributed by atoms with Gasteiger partial charge in [0.1, 0.15) is 23.4 Å². The van der Waals surface area contributed by atoms with Crippen molar-refractivity contribution in [1.29, 1.82) is 10.5 Å². The summed E-state index contributed by atoms with van der Waals surface area (Å²) in [5, 5.41) is 18.7. The number of benzene rings is 2. The van der Waals surface area contributed by atoms with E-state index >= 15 is 0 Å². The van der Waals surface area contributed by atoms with Gasteiger partial charge >= 0.3 is 0 Å². The molecule has 1 N–H and O–H groups in total. The summed E-state index contributed by atoms with van der Waals surface area (Å²) in [5.74, 6) is 1.59. The maximum Gasteiger partial charge on any atom is 0.149 e. The highest BCUT2D eigenvalue weighted by molar-refractivity contribution is 5.89. The molecule has 0 saturated carbocycles. The first-order chi connectivity index (χ1) is 12.8. The second kappa shape index (κ2) is 6.43. The minimum absolute atomic E-state index is 0.371. The maximum atomic E-state index is 9.51. The van der Waals surface area contributed by atoms with Gasteiger partial charge in [0.15, 0.2) is 0 Å². The van der Waals surface area contributed by atoms with Crippen molar-refractivity contribution in [3.8, 4) is 23.5 Å². The lowest BCUT2D eigenvalue weighted by molar-refractivity contribution is 0.572. The second-order valence-corrected chi connectivity index (χ2v) is 5.63. The number of nitriles is 2. The van der Waals surface area contributed by atoms with E-state index in [4.69, 9.17) is 4.42 Å². The van der Waals surface area contributed by atoms with Gasteiger partial charge in [0.05, 0.1) is 28.2 Å². The Labute approximate surface area is 149 Å². The van der Waals surface area contributed by atoms with Crippen molar-refractivity contribution in [2.24, 2.45) is 0 Å². The van der Waals surface area contributed by atoms with E-state index in [1.165, 1.54) is 0 Å². The molecule has 0 radical (unpaired) electrons. The zero-order valence-electron chi connectivity index (χ0n) is 13.6. The highest BCUT2D eigenvalue weighted by Gasteiger charge is 2.11. The summed E-state index contributed by atoms with van der Waals surface area (Å²) in [6.45, 7) is 0. The van der Waals surface area contributed by atoms with Crippen molar-refractivity contribution in [3.63, 3.8) is 0 Å². The fraction of sp³-hybridized carbons (Fsp3) is 0. The zero-order chi connectivity index (χ0) is 17.9. The minimum atomic E-state index is 0.371. The van der Waals surface area contributed by atoms with Crippen LogP contribution in [0.1, 0.15) is 17.1 Å². The molecule has 0 aliphatic heterocycles. The van der Waals surface area contributed by atoms with E-state index in [1.807, 2.05) is 36.4 Å². The Balaban J connectivity index is 1.72. The number of aromatic amines is 1. The molecular formula is C21H12N4O. The number of hydrogen-bond donors (Lipinski definition) is 1. The van der Waals surface area contributed by atoms with Crippen LogP contribution in [0.4, 0.5) is 0 Å². The van der Waals surface area contributed by atoms with Crippen molar-refractivity contribution in [3.05, 3.63) is 77.8 Å². The Morgan fingerprint density at radius 1 is 1.00 bits per heavy atom. The SMILES string of the molecule is N#C/C(=C\c1ccc(-c2ccccc2C#N)o1)c1nc2ccccc2[nH]1. The number of rotatable bonds is 3. The van der Waals surface area contributed by atoms with Gasteiger partial charge in [-0.3, -0.25) is 0 Å². The predicted octanol–water partition coefficient (Wildman–Crippen LogP) is 4.76. The topological polar surface area (TPSA) is 89.4 Å². The molecule has 122 valence electrons. The molecule has 26 heavy (non-hydrogen) atoms. The van der Waals surface area contributed by atoms with E-state index in [2.05, 4.69) is 22.1 Å². The molecule has 4 aromatic rings. The number of imidazole rings is 1. The molecule has 2 aromatic carbocycles. The summed E-state index contributed by atoms with van der Waals surface area (Å²) in [6, 6.07) is 22.7. The number of allylic oxidation sites excluding steroid dienone is 1. The van der Waals surface area contributed by atoms with Gasteiger partial charge in [-0.25, -0.2) is 4.98 Å². The second-order valence-electron chi connectivity index (χ2n) is 5.63. The number of nitrogens with one attached hydrogen (secondary N) is 1. The van der Waals surface area contributed by atoms with Crippen molar-refractivity contribution in [1.82, 2.24) is 9.97 Å². The highest BCUT2D eigenvalue weighted by atomic mass is 16.3. The van der Waals surface area contributed by atoms with E-state index in [-0.39, 0.29) is 0 Å². The summed E-state index contributed by atoms with van der Waals surface area (Å²) in [7, 11) is 0. The molecule has 0 amide bonds. The lowest BCUT2D eigenvalue weighted by Gasteiger charge is -1.99. The predicted molar refractivity (Wildman–Crippen MR) is 98.4 cm³/mol. The molecule has 0 atom stereocenters. The largest absolute Gasteiger partial charge is 0.457 e. The van der Waals surface area contributed by atoms with Crippen LogP contribution in [-0.2, 0) is 0 Å². The number of para-hydroxylation sites is 2. The number of H-pyrrole nitrogens is 1. The van der Waals surface area contributed by atoms with Crippen LogP contribution < -0.4 is 0 Å². The van der Waals surface area contributed by atoms with E-state index in [0.717, 1.165) is 16.6 Å². The van der Waals surface area contributed by atoms with Crippen molar-refractivity contribution < 1.29 is 4.42 Å². The first kappa shape index (κ1) is 15.4. The highest BCUT2D eigenvalue weighted by Crippen LogP contribution is 2.27. The van der Waals surface area contributed by atoms with E-state index in [1.54, 1.807) is 30.3 Å². The fourth-order valence-corrected chi connectivity index (χ4v) is 2.75. The van der Waals surface area contributed by atoms with Crippen LogP contribution in [0.15, 0.2) is 65.1 Å². The summed E-state index contributed by atoms with van der Waals surface area (Å²) >= 11 is 0. The molecule has 0 unspecified atom stereocenters. The third-order valence-electron chi connectivity index (χ3n) is 3.99. The fourth-order valence-electron chi connectivity index (χ4n) is 2.75. The average Bonchev–Trinajstić information content (AvgIpc) is 3.32. The molecule has 0 aliphatic carbocycles. The lowest BCUT2D eigenvalue weighted by Crippen LogP contribution is -1.84. The molecule has 2 heterocycles. The molecule has 5 nitrogen and oxygen atoms in total. The van der Waals surface area contributed by atoms with Gasteiger partial charge in [0.25, 0.3) is 0 Å². The Bertz CT molecular complexity index is 1180. The molecule has 2 aromatic heterocycles. The summed E-state index contributed by atoms with van der Waals surface area (Å²) in [6.07, 6.45) is 1.64. The van der Waals surface area contributed by atoms with Gasteiger partial charge in [-0.05, 0) is 36.4 Å². The first-order valence-electron chi connectivity index (χ1n) is 7.95. The third-order valence-corrected chi connectivity index (χ3v) is 3.99. The average molecular weight is 336 g/mol. The van der Waals surface area contributed by atoms with E-state index < -0.39 is 0 Å². The van der Waals surface area contributed by atoms with Crippen LogP contribution >= 0.6 is 0 Å². The quantitative estimate of drug-likeness (QED) is 0.546. The number of hydrogen-bond acceptors (Lipinski definition) is 4. The smallest absolute Gasteiger partial charge is 0.149 e. The normalized spacial score (nSPS) is 11.2. The number of aromatic nitrogens is 2. The Hall–Kier alpha value is -4.09. The van der Waals surface area contributed by atoms with Crippen LogP contribution in [-0.4, -0.2) is 9.97 Å². The molecule has 0 spiro atoms. The van der Waals surface area contributed by atoms with Crippen molar-refractivity contribution in [2.75, 3.05) is 0 Å². The summed E-state index contributed by atoms with van der Waals surface area (Å²) in [5.41, 5.74) is 3.29. The number of nitrogens with zero attached hydrogens (tertiary/aromatic N) is 3. The van der Waals surface area contributed by atoms with Gasteiger partial charge in [-0.1, -0.05) is 24.3 Å². The molecule has 0 fully saturated rings. The first-order valence-corrected chi connectivity index (χ1v) is 7.95. The van der Waals surface area contributed by atoms with Crippen LogP contribution in [0.25, 0.3) is 34.0 Å². The van der Waals surface area contributed by atoms with Gasteiger partial charge < -0.3 is 9.40 Å². The zero-order valence-corrected chi connectivity index (χ0v) is 13.6. The third kappa shape index (κ3) is 2.75. The van der Waals surface area contributed by atoms with Crippen LogP contribution in [0.3, 0.4) is 0 Å². The maximum absolute atomic E-state index is 9.51. The lowest BCUT2D eigenvalue weighted by atomic mass is 10.1. The Morgan fingerprint density at radius 3 is 2.62 bits per heavy atom. The number of furan rings is 1. The monoisotopic (exact) mass is 336 g/mol. The Kier molecular flexibility index (Phi) is 3.82. The van der Waals surface area contributed by atoms with Gasteiger partial charge in [0.2, 0.25) is 0 Å². The molecule has 0 aliphatic rings. The molecule has 0 saturated heterocycles. The van der Waals surface area contributed by atoms with Gasteiger partial charge in [-0.2, -0.15) is 10.5 Å². The molecule has 0 bridgehead atoms. The van der Waals surface area contributed by atoms with Crippen LogP contribution in [0.2, 0.25) is 0 Å². The van der Waals surface area contributed by atoms with Crippen molar-refractivity contribution in [2.45, 2.75) is 0 Å². The standard InChI is InChI=1S/C21H12N4O/c22-12-14-5-1-2-6-17(14)20-10-9-16(26-20)11-15(13-23)21-24-18-7-3-4-8-19(18)25-21/h1-11H,(H,24,25)/b15-11+. The molecular weight excluding hydrogens is 324 g/mol. The molecule has 5 heteroatoms. The minimum Gasteiger partial charge on any atom is -0.457 e. The van der Waals surface area contributed by atoms with Gasteiger partial charge in [0, 0.05) is 11.6 Å². The number of fused-ring (bicyclic) bond motifs is 1. The Morgan fingerprint density at radius 2 is 1.81 bits per heavy atom. The van der Waals surface area contributed by atoms with Gasteiger partial charge in [-0.15, -0.1) is 0 Å². The van der Waals surface area contributed by atoms with E-state index in [9.17, 15) is 10.5 Å².